The van der Waals surface area contributed by atoms with E-state index in [0.717, 1.165) is 11.1 Å². The summed E-state index contributed by atoms with van der Waals surface area (Å²) in [5, 5.41) is 0. The highest BCUT2D eigenvalue weighted by molar-refractivity contribution is 5.91. The molecule has 1 aliphatic rings. The first-order valence-electron chi connectivity index (χ1n) is 10.3. The highest BCUT2D eigenvalue weighted by Gasteiger charge is 2.55. The molecule has 0 radical (unpaired) electrons. The van der Waals surface area contributed by atoms with E-state index in [1.165, 1.54) is 30.2 Å². The number of rotatable bonds is 7. The Kier molecular flexibility index (Phi) is 6.26. The van der Waals surface area contributed by atoms with Gasteiger partial charge in [0.15, 0.2) is 0 Å². The third-order valence-electron chi connectivity index (χ3n) is 5.59. The first kappa shape index (κ1) is 22.3. The quantitative estimate of drug-likeness (QED) is 0.402. The minimum atomic E-state index is -1.16. The van der Waals surface area contributed by atoms with Crippen LogP contribution in [-0.2, 0) is 14.3 Å². The molecule has 3 aromatic rings. The third kappa shape index (κ3) is 4.24. The number of aromatic nitrogens is 1. The molecule has 8 heteroatoms. The van der Waals surface area contributed by atoms with Gasteiger partial charge in [-0.2, -0.15) is 0 Å². The summed E-state index contributed by atoms with van der Waals surface area (Å²) in [6.45, 7) is 1.21. The Bertz CT molecular complexity index is 1100. The lowest BCUT2D eigenvalue weighted by atomic mass is 9.86. The zero-order valence-corrected chi connectivity index (χ0v) is 18.4. The monoisotopic (exact) mass is 450 g/mol. The second kappa shape index (κ2) is 9.28. The van der Waals surface area contributed by atoms with Crippen molar-refractivity contribution in [3.63, 3.8) is 0 Å². The Morgan fingerprint density at radius 3 is 1.97 bits per heavy atom. The number of carbonyl (C=O) groups excluding carboxylic acids is 2. The maximum atomic E-state index is 14.8. The Morgan fingerprint density at radius 2 is 1.52 bits per heavy atom. The maximum Gasteiger partial charge on any atom is 0.303 e. The van der Waals surface area contributed by atoms with Crippen molar-refractivity contribution < 1.29 is 28.2 Å². The summed E-state index contributed by atoms with van der Waals surface area (Å²) in [5.41, 5.74) is 1.59. The first-order chi connectivity index (χ1) is 15.9. The average Bonchev–Trinajstić information content (AvgIpc) is 2.84. The van der Waals surface area contributed by atoms with Crippen LogP contribution in [0.3, 0.4) is 0 Å². The fraction of sp³-hybridized carbons (Fsp3) is 0.240. The SMILES string of the molecule is COc1ccc(C(c2ccc(OC)cc2)N2C(=O)[C@H](OC(C)=O)[C@@H]2c2ncccc2F)cc1. The van der Waals surface area contributed by atoms with Crippen molar-refractivity contribution in [2.75, 3.05) is 14.2 Å². The predicted molar refractivity (Wildman–Crippen MR) is 117 cm³/mol. The van der Waals surface area contributed by atoms with Crippen LogP contribution < -0.4 is 9.47 Å². The van der Waals surface area contributed by atoms with E-state index >= 15 is 0 Å². The van der Waals surface area contributed by atoms with E-state index in [-0.39, 0.29) is 5.69 Å². The van der Waals surface area contributed by atoms with Crippen LogP contribution in [0.2, 0.25) is 0 Å². The van der Waals surface area contributed by atoms with Crippen molar-refractivity contribution in [1.82, 2.24) is 9.88 Å². The van der Waals surface area contributed by atoms with E-state index in [4.69, 9.17) is 14.2 Å². The number of ether oxygens (including phenoxy) is 3. The molecule has 0 bridgehead atoms. The molecule has 0 spiro atoms. The zero-order chi connectivity index (χ0) is 23.5. The van der Waals surface area contributed by atoms with Gasteiger partial charge in [-0.05, 0) is 47.5 Å². The molecule has 2 aromatic carbocycles. The second-order valence-corrected chi connectivity index (χ2v) is 7.54. The minimum absolute atomic E-state index is 0.0374. The topological polar surface area (TPSA) is 78.0 Å². The van der Waals surface area contributed by atoms with Gasteiger partial charge in [0.25, 0.3) is 5.91 Å². The highest BCUT2D eigenvalue weighted by atomic mass is 19.1. The van der Waals surface area contributed by atoms with Crippen molar-refractivity contribution in [3.05, 3.63) is 89.5 Å². The number of carbonyl (C=O) groups is 2. The van der Waals surface area contributed by atoms with Crippen molar-refractivity contribution in [2.45, 2.75) is 25.1 Å². The van der Waals surface area contributed by atoms with Gasteiger partial charge in [0.2, 0.25) is 6.10 Å². The lowest BCUT2D eigenvalue weighted by Gasteiger charge is -2.49. The molecular weight excluding hydrogens is 427 g/mol. The molecule has 7 nitrogen and oxygen atoms in total. The van der Waals surface area contributed by atoms with Gasteiger partial charge in [0.05, 0.1) is 20.3 Å². The van der Waals surface area contributed by atoms with Crippen molar-refractivity contribution in [3.8, 4) is 11.5 Å². The van der Waals surface area contributed by atoms with Crippen molar-refractivity contribution in [2.24, 2.45) is 0 Å². The van der Waals surface area contributed by atoms with Gasteiger partial charge < -0.3 is 19.1 Å². The molecule has 0 N–H and O–H groups in total. The highest BCUT2D eigenvalue weighted by Crippen LogP contribution is 2.46. The summed E-state index contributed by atoms with van der Waals surface area (Å²) >= 11 is 0. The van der Waals surface area contributed by atoms with Crippen molar-refractivity contribution in [1.29, 1.82) is 0 Å². The molecule has 2 atom stereocenters. The second-order valence-electron chi connectivity index (χ2n) is 7.54. The van der Waals surface area contributed by atoms with Gasteiger partial charge in [0.1, 0.15) is 29.1 Å². The molecule has 4 rings (SSSR count). The maximum absolute atomic E-state index is 14.8. The fourth-order valence-electron chi connectivity index (χ4n) is 4.04. The average molecular weight is 450 g/mol. The van der Waals surface area contributed by atoms with Crippen LogP contribution in [0, 0.1) is 5.82 Å². The summed E-state index contributed by atoms with van der Waals surface area (Å²) in [6, 6.07) is 15.8. The Balaban J connectivity index is 1.83. The Morgan fingerprint density at radius 1 is 0.970 bits per heavy atom. The number of hydrogen-bond acceptors (Lipinski definition) is 6. The minimum Gasteiger partial charge on any atom is -0.497 e. The molecule has 0 aliphatic carbocycles. The van der Waals surface area contributed by atoms with Crippen LogP contribution in [0.5, 0.6) is 11.5 Å². The molecular formula is C25H23FN2O5. The number of esters is 1. The zero-order valence-electron chi connectivity index (χ0n) is 18.4. The summed E-state index contributed by atoms with van der Waals surface area (Å²) < 4.78 is 30.6. The van der Waals surface area contributed by atoms with Gasteiger partial charge in [0, 0.05) is 13.1 Å². The summed E-state index contributed by atoms with van der Waals surface area (Å²) in [5.74, 6) is -0.323. The number of amides is 1. The molecule has 1 fully saturated rings. The summed E-state index contributed by atoms with van der Waals surface area (Å²) in [6.07, 6.45) is 0.283. The van der Waals surface area contributed by atoms with Crippen molar-refractivity contribution >= 4 is 11.9 Å². The van der Waals surface area contributed by atoms with Gasteiger partial charge in [-0.3, -0.25) is 14.6 Å². The van der Waals surface area contributed by atoms with Crippen LogP contribution in [0.25, 0.3) is 0 Å². The number of pyridine rings is 1. The van der Waals surface area contributed by atoms with Crippen LogP contribution in [0.4, 0.5) is 4.39 Å². The standard InChI is InChI=1S/C25H23FN2O5/c1-15(29)33-24-23(21-20(26)5-4-14-27-21)28(25(24)30)22(16-6-10-18(31-2)11-7-16)17-8-12-19(32-3)13-9-17/h4-14,22-24H,1-3H3/t23-,24+/m0/s1. The van der Waals surface area contributed by atoms with Gasteiger partial charge in [-0.15, -0.1) is 0 Å². The van der Waals surface area contributed by atoms with Crippen LogP contribution >= 0.6 is 0 Å². The molecule has 1 saturated heterocycles. The number of nitrogens with zero attached hydrogens (tertiary/aromatic N) is 2. The normalized spacial score (nSPS) is 17.5. The van der Waals surface area contributed by atoms with E-state index < -0.39 is 35.9 Å². The van der Waals surface area contributed by atoms with Gasteiger partial charge in [-0.25, -0.2) is 4.39 Å². The molecule has 1 aliphatic heterocycles. The molecule has 1 amide bonds. The van der Waals surface area contributed by atoms with Crippen LogP contribution in [0.1, 0.15) is 35.8 Å². The van der Waals surface area contributed by atoms with Crippen LogP contribution in [-0.4, -0.2) is 42.1 Å². The molecule has 0 unspecified atom stereocenters. The largest absolute Gasteiger partial charge is 0.497 e. The number of likely N-dealkylation sites (tertiary alicyclic amines) is 1. The van der Waals surface area contributed by atoms with E-state index in [1.807, 2.05) is 24.3 Å². The number of methoxy groups -OCH3 is 2. The lowest BCUT2D eigenvalue weighted by molar-refractivity contribution is -0.186. The number of halogens is 1. The van der Waals surface area contributed by atoms with E-state index in [9.17, 15) is 14.0 Å². The smallest absolute Gasteiger partial charge is 0.303 e. The first-order valence-corrected chi connectivity index (χ1v) is 10.3. The van der Waals surface area contributed by atoms with Crippen LogP contribution in [0.15, 0.2) is 66.9 Å². The Hall–Kier alpha value is -3.94. The Labute approximate surface area is 190 Å². The summed E-state index contributed by atoms with van der Waals surface area (Å²) in [4.78, 5) is 30.6. The molecule has 170 valence electrons. The third-order valence-corrected chi connectivity index (χ3v) is 5.59. The molecule has 1 aromatic heterocycles. The van der Waals surface area contributed by atoms with E-state index in [2.05, 4.69) is 4.98 Å². The number of benzene rings is 2. The van der Waals surface area contributed by atoms with E-state index in [1.54, 1.807) is 38.5 Å². The summed E-state index contributed by atoms with van der Waals surface area (Å²) in [7, 11) is 3.14. The van der Waals surface area contributed by atoms with Gasteiger partial charge >= 0.3 is 5.97 Å². The fourth-order valence-corrected chi connectivity index (χ4v) is 4.04. The molecule has 2 heterocycles. The van der Waals surface area contributed by atoms with Gasteiger partial charge in [-0.1, -0.05) is 24.3 Å². The lowest BCUT2D eigenvalue weighted by Crippen LogP contribution is -2.61. The number of β-lactam (4-membered cyclic amide) rings is 1. The van der Waals surface area contributed by atoms with E-state index in [0.29, 0.717) is 11.5 Å². The molecule has 33 heavy (non-hydrogen) atoms. The number of hydrogen-bond donors (Lipinski definition) is 0. The predicted octanol–water partition coefficient (Wildman–Crippen LogP) is 3.84. The molecule has 0 saturated carbocycles.